The number of rotatable bonds is 6. The monoisotopic (exact) mass is 311 g/mol. The molecule has 1 saturated heterocycles. The molecule has 1 aliphatic rings. The van der Waals surface area contributed by atoms with E-state index < -0.39 is 10.8 Å². The number of piperidine rings is 1. The first kappa shape index (κ1) is 16.4. The molecule has 2 heterocycles. The Labute approximate surface area is 128 Å². The second kappa shape index (κ2) is 6.84. The van der Waals surface area contributed by atoms with Crippen LogP contribution in [0.25, 0.3) is 0 Å². The molecule has 0 radical (unpaired) electrons. The van der Waals surface area contributed by atoms with Crippen molar-refractivity contribution in [3.8, 4) is 0 Å². The average Bonchev–Trinajstić information content (AvgIpc) is 2.88. The lowest BCUT2D eigenvalue weighted by Crippen LogP contribution is -2.47. The van der Waals surface area contributed by atoms with Gasteiger partial charge in [-0.3, -0.25) is 20.0 Å². The van der Waals surface area contributed by atoms with E-state index in [4.69, 9.17) is 4.74 Å². The summed E-state index contributed by atoms with van der Waals surface area (Å²) in [5, 5.41) is 23.3. The molecular weight excluding hydrogens is 290 g/mol. The summed E-state index contributed by atoms with van der Waals surface area (Å²) in [6, 6.07) is 0. The minimum absolute atomic E-state index is 0.143. The third-order valence-electron chi connectivity index (χ3n) is 4.05. The molecule has 0 saturated carbocycles. The fraction of sp³-hybridized carbons (Fsp3) is 0.692. The SMILES string of the molecule is COCC1(CNC(=O)c2n[nH]c(C)c2[N+](=O)[O-])CCNCC1. The maximum atomic E-state index is 12.2. The number of ether oxygens (including phenoxy) is 1. The van der Waals surface area contributed by atoms with Gasteiger partial charge in [0, 0.05) is 19.1 Å². The normalized spacial score (nSPS) is 17.2. The van der Waals surface area contributed by atoms with Crippen LogP contribution < -0.4 is 10.6 Å². The van der Waals surface area contributed by atoms with E-state index in [0.29, 0.717) is 13.2 Å². The van der Waals surface area contributed by atoms with Gasteiger partial charge in [0.1, 0.15) is 5.69 Å². The Bertz CT molecular complexity index is 545. The van der Waals surface area contributed by atoms with E-state index in [2.05, 4.69) is 20.8 Å². The summed E-state index contributed by atoms with van der Waals surface area (Å²) >= 11 is 0. The number of amides is 1. The number of nitrogens with one attached hydrogen (secondary N) is 3. The third-order valence-corrected chi connectivity index (χ3v) is 4.05. The van der Waals surface area contributed by atoms with Gasteiger partial charge in [-0.25, -0.2) is 0 Å². The zero-order chi connectivity index (χ0) is 16.2. The molecule has 9 heteroatoms. The number of methoxy groups -OCH3 is 1. The van der Waals surface area contributed by atoms with E-state index in [1.54, 1.807) is 7.11 Å². The van der Waals surface area contributed by atoms with Crippen molar-refractivity contribution in [2.24, 2.45) is 5.41 Å². The van der Waals surface area contributed by atoms with E-state index in [-0.39, 0.29) is 22.5 Å². The number of hydrogen-bond donors (Lipinski definition) is 3. The Balaban J connectivity index is 2.07. The Morgan fingerprint density at radius 2 is 2.18 bits per heavy atom. The number of aromatic amines is 1. The summed E-state index contributed by atoms with van der Waals surface area (Å²) in [4.78, 5) is 22.6. The van der Waals surface area contributed by atoms with E-state index in [9.17, 15) is 14.9 Å². The van der Waals surface area contributed by atoms with Gasteiger partial charge >= 0.3 is 5.69 Å². The van der Waals surface area contributed by atoms with Crippen LogP contribution in [0.5, 0.6) is 0 Å². The van der Waals surface area contributed by atoms with Crippen molar-refractivity contribution in [2.45, 2.75) is 19.8 Å². The van der Waals surface area contributed by atoms with Gasteiger partial charge < -0.3 is 15.4 Å². The average molecular weight is 311 g/mol. The molecule has 0 unspecified atom stereocenters. The molecule has 1 aromatic rings. The van der Waals surface area contributed by atoms with Gasteiger partial charge in [-0.1, -0.05) is 0 Å². The van der Waals surface area contributed by atoms with Crippen molar-refractivity contribution < 1.29 is 14.5 Å². The van der Waals surface area contributed by atoms with E-state index in [1.165, 1.54) is 6.92 Å². The van der Waals surface area contributed by atoms with Crippen molar-refractivity contribution in [1.82, 2.24) is 20.8 Å². The van der Waals surface area contributed by atoms with E-state index >= 15 is 0 Å². The van der Waals surface area contributed by atoms with Crippen molar-refractivity contribution in [3.05, 3.63) is 21.5 Å². The first-order chi connectivity index (χ1) is 10.5. The molecule has 9 nitrogen and oxygen atoms in total. The topological polar surface area (TPSA) is 122 Å². The number of nitrogens with zero attached hydrogens (tertiary/aromatic N) is 2. The third kappa shape index (κ3) is 3.42. The number of carbonyl (C=O) groups excluding carboxylic acids is 1. The van der Waals surface area contributed by atoms with Crippen LogP contribution in [-0.4, -0.2) is 54.4 Å². The van der Waals surface area contributed by atoms with Gasteiger partial charge in [0.15, 0.2) is 0 Å². The lowest BCUT2D eigenvalue weighted by molar-refractivity contribution is -0.385. The summed E-state index contributed by atoms with van der Waals surface area (Å²) in [5.41, 5.74) is -0.327. The van der Waals surface area contributed by atoms with Crippen molar-refractivity contribution in [3.63, 3.8) is 0 Å². The van der Waals surface area contributed by atoms with Crippen LogP contribution in [0, 0.1) is 22.5 Å². The standard InChI is InChI=1S/C13H21N5O4/c1-9-11(18(20)21)10(17-16-9)12(19)15-7-13(8-22-2)3-5-14-6-4-13/h14H,3-8H2,1-2H3,(H,15,19)(H,16,17). The molecule has 1 fully saturated rings. The van der Waals surface area contributed by atoms with Gasteiger partial charge in [-0.15, -0.1) is 0 Å². The first-order valence-corrected chi connectivity index (χ1v) is 7.16. The molecule has 1 amide bonds. The molecule has 0 aromatic carbocycles. The second-order valence-electron chi connectivity index (χ2n) is 5.67. The minimum Gasteiger partial charge on any atom is -0.384 e. The molecule has 1 aromatic heterocycles. The second-order valence-corrected chi connectivity index (χ2v) is 5.67. The van der Waals surface area contributed by atoms with Gasteiger partial charge in [-0.2, -0.15) is 5.10 Å². The van der Waals surface area contributed by atoms with Gasteiger partial charge in [0.2, 0.25) is 5.69 Å². The van der Waals surface area contributed by atoms with Crippen molar-refractivity contribution in [1.29, 1.82) is 0 Å². The number of hydrogen-bond acceptors (Lipinski definition) is 6. The van der Waals surface area contributed by atoms with Crippen LogP contribution in [0.2, 0.25) is 0 Å². The number of aryl methyl sites for hydroxylation is 1. The van der Waals surface area contributed by atoms with Crippen LogP contribution in [0.3, 0.4) is 0 Å². The van der Waals surface area contributed by atoms with Crippen LogP contribution in [0.15, 0.2) is 0 Å². The number of nitro groups is 1. The lowest BCUT2D eigenvalue weighted by Gasteiger charge is -2.37. The van der Waals surface area contributed by atoms with Crippen molar-refractivity contribution in [2.75, 3.05) is 33.4 Å². The Morgan fingerprint density at radius 3 is 2.77 bits per heavy atom. The molecule has 0 atom stereocenters. The Hall–Kier alpha value is -2.00. The Morgan fingerprint density at radius 1 is 1.50 bits per heavy atom. The molecule has 3 N–H and O–H groups in total. The highest BCUT2D eigenvalue weighted by atomic mass is 16.6. The molecule has 0 bridgehead atoms. The highest BCUT2D eigenvalue weighted by Gasteiger charge is 2.34. The first-order valence-electron chi connectivity index (χ1n) is 7.16. The molecule has 1 aliphatic heterocycles. The molecule has 0 aliphatic carbocycles. The fourth-order valence-corrected chi connectivity index (χ4v) is 2.79. The maximum Gasteiger partial charge on any atom is 0.322 e. The minimum atomic E-state index is -0.594. The number of carbonyl (C=O) groups is 1. The van der Waals surface area contributed by atoms with Crippen LogP contribution in [0.1, 0.15) is 29.0 Å². The van der Waals surface area contributed by atoms with Crippen molar-refractivity contribution >= 4 is 11.6 Å². The van der Waals surface area contributed by atoms with Gasteiger partial charge in [0.25, 0.3) is 5.91 Å². The summed E-state index contributed by atoms with van der Waals surface area (Å²) in [5.74, 6) is -0.537. The molecule has 2 rings (SSSR count). The van der Waals surface area contributed by atoms with Gasteiger partial charge in [0.05, 0.1) is 11.5 Å². The molecule has 22 heavy (non-hydrogen) atoms. The summed E-state index contributed by atoms with van der Waals surface area (Å²) in [6.07, 6.45) is 1.76. The van der Waals surface area contributed by atoms with E-state index in [0.717, 1.165) is 25.9 Å². The largest absolute Gasteiger partial charge is 0.384 e. The summed E-state index contributed by atoms with van der Waals surface area (Å²) in [7, 11) is 1.63. The summed E-state index contributed by atoms with van der Waals surface area (Å²) < 4.78 is 5.28. The highest BCUT2D eigenvalue weighted by molar-refractivity contribution is 5.96. The zero-order valence-corrected chi connectivity index (χ0v) is 12.8. The predicted octanol–water partition coefficient (Wildman–Crippen LogP) is 0.372. The lowest BCUT2D eigenvalue weighted by atomic mass is 9.79. The predicted molar refractivity (Wildman–Crippen MR) is 78.7 cm³/mol. The zero-order valence-electron chi connectivity index (χ0n) is 12.8. The number of aromatic nitrogens is 2. The van der Waals surface area contributed by atoms with E-state index in [1.807, 2.05) is 0 Å². The molecule has 0 spiro atoms. The summed E-state index contributed by atoms with van der Waals surface area (Å²) in [6.45, 7) is 4.18. The quantitative estimate of drug-likeness (QED) is 0.515. The maximum absolute atomic E-state index is 12.2. The smallest absolute Gasteiger partial charge is 0.322 e. The molecule has 122 valence electrons. The van der Waals surface area contributed by atoms with Gasteiger partial charge in [-0.05, 0) is 32.9 Å². The number of H-pyrrole nitrogens is 1. The molecular formula is C13H21N5O4. The van der Waals surface area contributed by atoms with Crippen LogP contribution >= 0.6 is 0 Å². The fourth-order valence-electron chi connectivity index (χ4n) is 2.79. The highest BCUT2D eigenvalue weighted by Crippen LogP contribution is 2.28. The van der Waals surface area contributed by atoms with Crippen LogP contribution in [0.4, 0.5) is 5.69 Å². The Kier molecular flexibility index (Phi) is 5.09. The van der Waals surface area contributed by atoms with Crippen LogP contribution in [-0.2, 0) is 4.74 Å².